The summed E-state index contributed by atoms with van der Waals surface area (Å²) in [5.41, 5.74) is 2.55. The van der Waals surface area contributed by atoms with E-state index in [0.717, 1.165) is 0 Å². The summed E-state index contributed by atoms with van der Waals surface area (Å²) in [4.78, 5) is 0. The summed E-state index contributed by atoms with van der Waals surface area (Å²) in [5.74, 6) is 0. The summed E-state index contributed by atoms with van der Waals surface area (Å²) in [6, 6.07) is 46.7. The van der Waals surface area contributed by atoms with Crippen molar-refractivity contribution in [3.8, 4) is 11.1 Å². The minimum absolute atomic E-state index is 1.28. The van der Waals surface area contributed by atoms with Crippen LogP contribution in [0.25, 0.3) is 43.4 Å². The normalized spacial score (nSPS) is 10.7. The average Bonchev–Trinajstić information content (AvgIpc) is 2.86. The Morgan fingerprint density at radius 3 is 0.633 bits per heavy atom. The van der Waals surface area contributed by atoms with Gasteiger partial charge in [0.05, 0.1) is 0 Å². The second-order valence-corrected chi connectivity index (χ2v) is 7.37. The van der Waals surface area contributed by atoms with Crippen LogP contribution < -0.4 is 0 Å². The fourth-order valence-corrected chi connectivity index (χ4v) is 4.12. The van der Waals surface area contributed by atoms with E-state index in [1.165, 1.54) is 43.4 Å². The maximum Gasteiger partial charge on any atom is -0.00990 e. The molecule has 0 aliphatic heterocycles. The van der Waals surface area contributed by atoms with E-state index in [0.29, 0.717) is 0 Å². The van der Waals surface area contributed by atoms with Crippen molar-refractivity contribution < 1.29 is 0 Å². The minimum Gasteiger partial charge on any atom is -0.0622 e. The molecule has 0 spiro atoms. The van der Waals surface area contributed by atoms with E-state index in [-0.39, 0.29) is 0 Å². The lowest BCUT2D eigenvalue weighted by Gasteiger charge is -2.09. The molecular formula is C30H22. The predicted molar refractivity (Wildman–Crippen MR) is 131 cm³/mol. The third-order valence-electron chi connectivity index (χ3n) is 5.53. The van der Waals surface area contributed by atoms with Crippen molar-refractivity contribution in [3.05, 3.63) is 133 Å². The Hall–Kier alpha value is -3.90. The van der Waals surface area contributed by atoms with Gasteiger partial charge < -0.3 is 0 Å². The summed E-state index contributed by atoms with van der Waals surface area (Å²) in [5, 5.41) is 8.04. The zero-order chi connectivity index (χ0) is 20.2. The molecule has 30 heavy (non-hydrogen) atoms. The third-order valence-corrected chi connectivity index (χ3v) is 5.53. The van der Waals surface area contributed by atoms with Gasteiger partial charge in [0, 0.05) is 0 Å². The van der Waals surface area contributed by atoms with E-state index >= 15 is 0 Å². The lowest BCUT2D eigenvalue weighted by molar-refractivity contribution is 1.62. The zero-order valence-corrected chi connectivity index (χ0v) is 16.7. The molecule has 0 aliphatic rings. The summed E-state index contributed by atoms with van der Waals surface area (Å²) in [6.07, 6.45) is 0. The highest BCUT2D eigenvalue weighted by molar-refractivity contribution is 6.25. The van der Waals surface area contributed by atoms with Crippen LogP contribution in [-0.4, -0.2) is 0 Å². The maximum absolute atomic E-state index is 2.21. The highest BCUT2D eigenvalue weighted by Crippen LogP contribution is 2.34. The molecule has 6 rings (SSSR count). The standard InChI is InChI=1S/C18H12.C12H10/c1-2-8-14-13(7-1)15-9-3-4-11-17(15)18-12-6-5-10-16(14)18;1-3-7-11(8-4-1)12-9-5-2-6-10-12/h1-12H;1-10H. The average molecular weight is 383 g/mol. The van der Waals surface area contributed by atoms with Crippen molar-refractivity contribution in [3.63, 3.8) is 0 Å². The molecule has 6 aromatic carbocycles. The van der Waals surface area contributed by atoms with Gasteiger partial charge in [-0.3, -0.25) is 0 Å². The number of rotatable bonds is 1. The number of hydrogen-bond acceptors (Lipinski definition) is 0. The van der Waals surface area contributed by atoms with Gasteiger partial charge in [-0.2, -0.15) is 0 Å². The van der Waals surface area contributed by atoms with Crippen LogP contribution in [0.2, 0.25) is 0 Å². The quantitative estimate of drug-likeness (QED) is 0.250. The molecule has 0 saturated carbocycles. The monoisotopic (exact) mass is 382 g/mol. The number of hydrogen-bond donors (Lipinski definition) is 0. The first kappa shape index (κ1) is 18.1. The lowest BCUT2D eigenvalue weighted by atomic mass is 9.95. The molecule has 0 radical (unpaired) electrons. The van der Waals surface area contributed by atoms with Crippen LogP contribution in [0.4, 0.5) is 0 Å². The molecule has 142 valence electrons. The van der Waals surface area contributed by atoms with Gasteiger partial charge in [0.2, 0.25) is 0 Å². The highest BCUT2D eigenvalue weighted by Gasteiger charge is 2.06. The van der Waals surface area contributed by atoms with Crippen LogP contribution >= 0.6 is 0 Å². The number of benzene rings is 6. The lowest BCUT2D eigenvalue weighted by Crippen LogP contribution is -1.81. The van der Waals surface area contributed by atoms with Crippen LogP contribution in [0.15, 0.2) is 133 Å². The second kappa shape index (κ2) is 8.23. The molecule has 0 aromatic heterocycles. The van der Waals surface area contributed by atoms with Crippen LogP contribution in [0, 0.1) is 0 Å². The molecule has 0 atom stereocenters. The molecule has 0 heterocycles. The maximum atomic E-state index is 2.21. The Bertz CT molecular complexity index is 1160. The van der Waals surface area contributed by atoms with Gasteiger partial charge in [0.15, 0.2) is 0 Å². The van der Waals surface area contributed by atoms with E-state index in [1.54, 1.807) is 0 Å². The molecule has 0 saturated heterocycles. The fraction of sp³-hybridized carbons (Fsp3) is 0. The van der Waals surface area contributed by atoms with Crippen LogP contribution in [-0.2, 0) is 0 Å². The molecule has 0 nitrogen and oxygen atoms in total. The SMILES string of the molecule is c1ccc(-c2ccccc2)cc1.c1ccc2c(c1)c1ccccc1c1ccccc21. The van der Waals surface area contributed by atoms with Gasteiger partial charge in [-0.05, 0) is 43.4 Å². The second-order valence-electron chi connectivity index (χ2n) is 7.37. The van der Waals surface area contributed by atoms with Crippen LogP contribution in [0.3, 0.4) is 0 Å². The van der Waals surface area contributed by atoms with E-state index in [2.05, 4.69) is 121 Å². The topological polar surface area (TPSA) is 0 Å². The van der Waals surface area contributed by atoms with Gasteiger partial charge >= 0.3 is 0 Å². The van der Waals surface area contributed by atoms with E-state index in [4.69, 9.17) is 0 Å². The zero-order valence-electron chi connectivity index (χ0n) is 16.7. The van der Waals surface area contributed by atoms with Crippen LogP contribution in [0.1, 0.15) is 0 Å². The van der Waals surface area contributed by atoms with Crippen molar-refractivity contribution in [2.75, 3.05) is 0 Å². The molecule has 0 fully saturated rings. The Labute approximate surface area is 177 Å². The first-order valence-corrected chi connectivity index (χ1v) is 10.3. The van der Waals surface area contributed by atoms with Gasteiger partial charge in [-0.15, -0.1) is 0 Å². The highest BCUT2D eigenvalue weighted by atomic mass is 14.1. The molecule has 6 aromatic rings. The molecule has 0 amide bonds. The van der Waals surface area contributed by atoms with Crippen molar-refractivity contribution in [2.24, 2.45) is 0 Å². The summed E-state index contributed by atoms with van der Waals surface area (Å²) >= 11 is 0. The fourth-order valence-electron chi connectivity index (χ4n) is 4.12. The van der Waals surface area contributed by atoms with Crippen molar-refractivity contribution in [2.45, 2.75) is 0 Å². The Balaban J connectivity index is 0.000000140. The molecular weight excluding hydrogens is 360 g/mol. The molecule has 0 bridgehead atoms. The largest absolute Gasteiger partial charge is 0.0622 e. The van der Waals surface area contributed by atoms with Gasteiger partial charge in [0.1, 0.15) is 0 Å². The molecule has 0 aliphatic carbocycles. The van der Waals surface area contributed by atoms with E-state index in [9.17, 15) is 0 Å². The summed E-state index contributed by atoms with van der Waals surface area (Å²) in [7, 11) is 0. The van der Waals surface area contributed by atoms with Crippen molar-refractivity contribution >= 4 is 32.3 Å². The Kier molecular flexibility index (Phi) is 4.98. The molecule has 0 N–H and O–H groups in total. The van der Waals surface area contributed by atoms with Crippen LogP contribution in [0.5, 0.6) is 0 Å². The minimum atomic E-state index is 1.28. The summed E-state index contributed by atoms with van der Waals surface area (Å²) < 4.78 is 0. The summed E-state index contributed by atoms with van der Waals surface area (Å²) in [6.45, 7) is 0. The van der Waals surface area contributed by atoms with Crippen molar-refractivity contribution in [1.82, 2.24) is 0 Å². The Morgan fingerprint density at radius 2 is 0.400 bits per heavy atom. The number of fused-ring (bicyclic) bond motifs is 6. The van der Waals surface area contributed by atoms with Gasteiger partial charge in [0.25, 0.3) is 0 Å². The van der Waals surface area contributed by atoms with E-state index < -0.39 is 0 Å². The molecule has 0 unspecified atom stereocenters. The third kappa shape index (κ3) is 3.44. The van der Waals surface area contributed by atoms with Gasteiger partial charge in [-0.25, -0.2) is 0 Å². The first-order valence-electron chi connectivity index (χ1n) is 10.3. The molecule has 0 heteroatoms. The Morgan fingerprint density at radius 1 is 0.200 bits per heavy atom. The smallest absolute Gasteiger partial charge is 0.00990 e. The first-order chi connectivity index (χ1) is 14.9. The van der Waals surface area contributed by atoms with Gasteiger partial charge in [-0.1, -0.05) is 133 Å². The van der Waals surface area contributed by atoms with Crippen molar-refractivity contribution in [1.29, 1.82) is 0 Å². The van der Waals surface area contributed by atoms with E-state index in [1.807, 2.05) is 12.1 Å². The predicted octanol–water partition coefficient (Wildman–Crippen LogP) is 8.50.